The average Bonchev–Trinajstić information content (AvgIpc) is 3.48. The summed E-state index contributed by atoms with van der Waals surface area (Å²) in [6, 6.07) is 14.7. The van der Waals surface area contributed by atoms with Crippen LogP contribution in [-0.2, 0) is 16.1 Å². The molecule has 1 aromatic heterocycles. The molecule has 8 heteroatoms. The molecule has 36 heavy (non-hydrogen) atoms. The van der Waals surface area contributed by atoms with E-state index in [1.165, 1.54) is 11.2 Å². The number of benzene rings is 2. The van der Waals surface area contributed by atoms with E-state index < -0.39 is 17.7 Å². The van der Waals surface area contributed by atoms with E-state index >= 15 is 0 Å². The minimum absolute atomic E-state index is 0.0685. The molecule has 0 saturated carbocycles. The number of nitrogens with zero attached hydrogens (tertiary/aromatic N) is 1. The highest BCUT2D eigenvalue weighted by Crippen LogP contribution is 2.42. The highest BCUT2D eigenvalue weighted by Gasteiger charge is 2.47. The molecule has 1 amide bonds. The Morgan fingerprint density at radius 3 is 2.31 bits per heavy atom. The topological polar surface area (TPSA) is 98.4 Å². The maximum Gasteiger partial charge on any atom is 0.296 e. The number of hydrogen-bond acceptors (Lipinski definition) is 7. The lowest BCUT2D eigenvalue weighted by molar-refractivity contribution is -0.140. The smallest absolute Gasteiger partial charge is 0.296 e. The first-order chi connectivity index (χ1) is 17.5. The van der Waals surface area contributed by atoms with Crippen molar-refractivity contribution < 1.29 is 33.3 Å². The van der Waals surface area contributed by atoms with Gasteiger partial charge in [-0.15, -0.1) is 0 Å². The highest BCUT2D eigenvalue weighted by atomic mass is 16.5. The number of ketones is 1. The van der Waals surface area contributed by atoms with Crippen LogP contribution in [0.3, 0.4) is 0 Å². The molecule has 0 bridgehead atoms. The molecule has 8 nitrogen and oxygen atoms in total. The first kappa shape index (κ1) is 24.9. The van der Waals surface area contributed by atoms with E-state index in [1.807, 2.05) is 45.0 Å². The normalized spacial score (nSPS) is 16.9. The van der Waals surface area contributed by atoms with Crippen molar-refractivity contribution in [2.24, 2.45) is 0 Å². The number of carbonyl (C=O) groups excluding carboxylic acids is 2. The van der Waals surface area contributed by atoms with Crippen LogP contribution in [0.1, 0.15) is 43.7 Å². The maximum absolute atomic E-state index is 13.3. The lowest BCUT2D eigenvalue weighted by Crippen LogP contribution is -2.29. The van der Waals surface area contributed by atoms with Crippen LogP contribution >= 0.6 is 0 Å². The van der Waals surface area contributed by atoms with Crippen molar-refractivity contribution >= 4 is 17.4 Å². The van der Waals surface area contributed by atoms with Crippen molar-refractivity contribution in [2.75, 3.05) is 19.8 Å². The second-order valence-electron chi connectivity index (χ2n) is 8.05. The summed E-state index contributed by atoms with van der Waals surface area (Å²) in [5.41, 5.74) is 0.990. The predicted molar refractivity (Wildman–Crippen MR) is 133 cm³/mol. The minimum atomic E-state index is -0.920. The van der Waals surface area contributed by atoms with Gasteiger partial charge >= 0.3 is 0 Å². The fraction of sp³-hybridized carbons (Fsp3) is 0.286. The largest absolute Gasteiger partial charge is 0.507 e. The van der Waals surface area contributed by atoms with Gasteiger partial charge in [-0.05, 0) is 62.7 Å². The summed E-state index contributed by atoms with van der Waals surface area (Å²) in [6.07, 6.45) is 1.47. The average molecular weight is 492 g/mol. The van der Waals surface area contributed by atoms with Crippen LogP contribution in [0.4, 0.5) is 0 Å². The van der Waals surface area contributed by atoms with Gasteiger partial charge in [0.2, 0.25) is 0 Å². The Morgan fingerprint density at radius 1 is 0.917 bits per heavy atom. The molecule has 1 saturated heterocycles. The zero-order valence-electron chi connectivity index (χ0n) is 20.5. The molecule has 188 valence electrons. The molecular weight excluding hydrogens is 462 g/mol. The number of ether oxygens (including phenoxy) is 3. The fourth-order valence-corrected chi connectivity index (χ4v) is 4.26. The van der Waals surface area contributed by atoms with Gasteiger partial charge in [0.1, 0.15) is 34.8 Å². The third kappa shape index (κ3) is 4.93. The van der Waals surface area contributed by atoms with E-state index in [2.05, 4.69) is 0 Å². The molecular formula is C28H29NO7. The second-order valence-corrected chi connectivity index (χ2v) is 8.05. The van der Waals surface area contributed by atoms with Gasteiger partial charge in [0.05, 0.1) is 37.2 Å². The Hall–Kier alpha value is -4.20. The standard InChI is InChI=1S/C28H29NO7/c1-4-33-19-10-7-9-18(15-19)17-29-25(22-11-8-14-36-22)24(27(31)28(29)32)26(30)21-13-12-20(34-5-2)16-23(21)35-6-3/h7-16,25,30H,4-6,17H2,1-3H3/b26-24-. The molecule has 2 aromatic carbocycles. The van der Waals surface area contributed by atoms with Crippen molar-refractivity contribution in [3.8, 4) is 17.2 Å². The number of furan rings is 1. The maximum atomic E-state index is 13.3. The van der Waals surface area contributed by atoms with Crippen molar-refractivity contribution in [1.29, 1.82) is 0 Å². The number of hydrogen-bond donors (Lipinski definition) is 1. The molecule has 0 aliphatic carbocycles. The summed E-state index contributed by atoms with van der Waals surface area (Å²) in [7, 11) is 0. The van der Waals surface area contributed by atoms with Crippen LogP contribution in [0, 0.1) is 0 Å². The minimum Gasteiger partial charge on any atom is -0.507 e. The Bertz CT molecular complexity index is 1260. The number of amides is 1. The van der Waals surface area contributed by atoms with E-state index in [0.717, 1.165) is 5.56 Å². The van der Waals surface area contributed by atoms with E-state index in [9.17, 15) is 14.7 Å². The van der Waals surface area contributed by atoms with Crippen molar-refractivity contribution in [3.05, 3.63) is 83.3 Å². The number of likely N-dealkylation sites (tertiary alicyclic amines) is 1. The van der Waals surface area contributed by atoms with E-state index in [-0.39, 0.29) is 23.4 Å². The SMILES string of the molecule is CCOc1cccc(CN2C(=O)C(=O)/C(=C(\O)c3ccc(OCC)cc3OCC)C2c2ccco2)c1. The van der Waals surface area contributed by atoms with Gasteiger partial charge in [-0.25, -0.2) is 0 Å². The van der Waals surface area contributed by atoms with E-state index in [4.69, 9.17) is 18.6 Å². The van der Waals surface area contributed by atoms with Crippen molar-refractivity contribution in [3.63, 3.8) is 0 Å². The zero-order chi connectivity index (χ0) is 25.7. The van der Waals surface area contributed by atoms with Crippen LogP contribution in [0.5, 0.6) is 17.2 Å². The van der Waals surface area contributed by atoms with Gasteiger partial charge in [0, 0.05) is 12.6 Å². The highest BCUT2D eigenvalue weighted by molar-refractivity contribution is 6.46. The van der Waals surface area contributed by atoms with E-state index in [0.29, 0.717) is 42.8 Å². The van der Waals surface area contributed by atoms with E-state index in [1.54, 1.807) is 30.3 Å². The van der Waals surface area contributed by atoms with Crippen LogP contribution in [-0.4, -0.2) is 41.5 Å². The number of Topliss-reactive ketones (excluding diaryl/α,β-unsaturated/α-hetero) is 1. The molecule has 1 N–H and O–H groups in total. The van der Waals surface area contributed by atoms with Crippen LogP contribution in [0.25, 0.3) is 5.76 Å². The van der Waals surface area contributed by atoms with Crippen LogP contribution < -0.4 is 14.2 Å². The van der Waals surface area contributed by atoms with Gasteiger partial charge in [-0.3, -0.25) is 9.59 Å². The third-order valence-corrected chi connectivity index (χ3v) is 5.73. The summed E-state index contributed by atoms with van der Waals surface area (Å²) in [5, 5.41) is 11.4. The summed E-state index contributed by atoms with van der Waals surface area (Å²) in [6.45, 7) is 6.99. The molecule has 1 aliphatic rings. The lowest BCUT2D eigenvalue weighted by Gasteiger charge is -2.24. The molecule has 0 radical (unpaired) electrons. The molecule has 2 heterocycles. The first-order valence-corrected chi connectivity index (χ1v) is 11.9. The van der Waals surface area contributed by atoms with Crippen LogP contribution in [0.2, 0.25) is 0 Å². The number of carbonyl (C=O) groups is 2. The number of aliphatic hydroxyl groups is 1. The molecule has 0 spiro atoms. The zero-order valence-corrected chi connectivity index (χ0v) is 20.5. The number of rotatable bonds is 10. The summed E-state index contributed by atoms with van der Waals surface area (Å²) in [4.78, 5) is 27.9. The first-order valence-electron chi connectivity index (χ1n) is 11.9. The Balaban J connectivity index is 1.80. The Kier molecular flexibility index (Phi) is 7.63. The fourth-order valence-electron chi connectivity index (χ4n) is 4.26. The Labute approximate surface area is 209 Å². The third-order valence-electron chi connectivity index (χ3n) is 5.73. The summed E-state index contributed by atoms with van der Waals surface area (Å²) < 4.78 is 22.5. The molecule has 1 atom stereocenters. The predicted octanol–water partition coefficient (Wildman–Crippen LogP) is 5.10. The summed E-state index contributed by atoms with van der Waals surface area (Å²) in [5.74, 6) is 0.0589. The molecule has 4 rings (SSSR count). The quantitative estimate of drug-likeness (QED) is 0.239. The van der Waals surface area contributed by atoms with Gasteiger partial charge < -0.3 is 28.6 Å². The molecule has 3 aromatic rings. The molecule has 1 fully saturated rings. The number of aliphatic hydroxyl groups excluding tert-OH is 1. The van der Waals surface area contributed by atoms with Gasteiger partial charge in [-0.2, -0.15) is 0 Å². The second kappa shape index (κ2) is 11.0. The van der Waals surface area contributed by atoms with Gasteiger partial charge in [-0.1, -0.05) is 12.1 Å². The lowest BCUT2D eigenvalue weighted by atomic mass is 9.98. The van der Waals surface area contributed by atoms with Gasteiger partial charge in [0.25, 0.3) is 11.7 Å². The van der Waals surface area contributed by atoms with Crippen LogP contribution in [0.15, 0.2) is 70.9 Å². The Morgan fingerprint density at radius 2 is 1.64 bits per heavy atom. The molecule has 1 aliphatic heterocycles. The van der Waals surface area contributed by atoms with Gasteiger partial charge in [0.15, 0.2) is 0 Å². The molecule has 1 unspecified atom stereocenters. The van der Waals surface area contributed by atoms with Crippen molar-refractivity contribution in [1.82, 2.24) is 4.90 Å². The monoisotopic (exact) mass is 491 g/mol. The summed E-state index contributed by atoms with van der Waals surface area (Å²) >= 11 is 0. The van der Waals surface area contributed by atoms with Crippen molar-refractivity contribution in [2.45, 2.75) is 33.4 Å².